The summed E-state index contributed by atoms with van der Waals surface area (Å²) in [5.41, 5.74) is 5.28. The lowest BCUT2D eigenvalue weighted by molar-refractivity contribution is -0.139. The Balaban J connectivity index is 3.00. The highest BCUT2D eigenvalue weighted by atomic mass is 16.6. The summed E-state index contributed by atoms with van der Waals surface area (Å²) < 4.78 is 31.0. The third-order valence-corrected chi connectivity index (χ3v) is 2.39. The number of rotatable bonds is 18. The molecule has 0 aliphatic rings. The van der Waals surface area contributed by atoms with Crippen molar-refractivity contribution < 1.29 is 33.2 Å². The van der Waals surface area contributed by atoms with E-state index in [4.69, 9.17) is 34.2 Å². The average Bonchev–Trinajstić information content (AvgIpc) is 2.57. The van der Waals surface area contributed by atoms with Gasteiger partial charge >= 0.3 is 5.97 Å². The van der Waals surface area contributed by atoms with E-state index >= 15 is 0 Å². The van der Waals surface area contributed by atoms with E-state index in [1.165, 1.54) is 0 Å². The minimum Gasteiger partial charge on any atom is -0.460 e. The Hall–Kier alpha value is -1.03. The summed E-state index contributed by atoms with van der Waals surface area (Å²) in [6.45, 7) is 8.97. The van der Waals surface area contributed by atoms with Gasteiger partial charge in [0, 0.05) is 12.6 Å². The van der Waals surface area contributed by atoms with E-state index in [0.29, 0.717) is 72.6 Å². The van der Waals surface area contributed by atoms with E-state index in [1.807, 2.05) is 0 Å². The van der Waals surface area contributed by atoms with Crippen LogP contribution in [0.25, 0.3) is 0 Å². The molecule has 0 amide bonds. The lowest BCUT2D eigenvalue weighted by Gasteiger charge is -2.07. The van der Waals surface area contributed by atoms with Crippen molar-refractivity contribution in [2.75, 3.05) is 79.2 Å². The van der Waals surface area contributed by atoms with Gasteiger partial charge in [0.25, 0.3) is 0 Å². The Morgan fingerprint density at radius 3 is 1.39 bits per heavy atom. The van der Waals surface area contributed by atoms with Crippen molar-refractivity contribution in [2.45, 2.75) is 0 Å². The number of esters is 1. The second-order valence-electron chi connectivity index (χ2n) is 4.22. The van der Waals surface area contributed by atoms with E-state index in [2.05, 4.69) is 6.58 Å². The highest BCUT2D eigenvalue weighted by Crippen LogP contribution is 1.85. The molecule has 0 aromatic heterocycles. The molecule has 0 rings (SSSR count). The molecule has 0 aromatic rings. The Morgan fingerprint density at radius 2 is 1.04 bits per heavy atom. The summed E-state index contributed by atoms with van der Waals surface area (Å²) >= 11 is 0. The van der Waals surface area contributed by atoms with Gasteiger partial charge in [0.15, 0.2) is 0 Å². The lowest BCUT2D eigenvalue weighted by atomic mass is 10.6. The summed E-state index contributed by atoms with van der Waals surface area (Å²) in [6.07, 6.45) is 1.11. The van der Waals surface area contributed by atoms with Crippen LogP contribution in [-0.4, -0.2) is 85.2 Å². The summed E-state index contributed by atoms with van der Waals surface area (Å²) in [4.78, 5) is 10.7. The molecule has 0 bridgehead atoms. The van der Waals surface area contributed by atoms with Crippen LogP contribution in [-0.2, 0) is 33.2 Å². The van der Waals surface area contributed by atoms with Gasteiger partial charge in [-0.1, -0.05) is 6.58 Å². The maximum absolute atomic E-state index is 10.7. The van der Waals surface area contributed by atoms with E-state index in [-0.39, 0.29) is 6.61 Å². The first kappa shape index (κ1) is 22.0. The number of carbonyl (C=O) groups excluding carboxylic acids is 1. The first-order valence-electron chi connectivity index (χ1n) is 7.69. The quantitative estimate of drug-likeness (QED) is 0.208. The highest BCUT2D eigenvalue weighted by molar-refractivity contribution is 5.81. The molecule has 0 fully saturated rings. The van der Waals surface area contributed by atoms with Gasteiger partial charge in [0.2, 0.25) is 0 Å². The van der Waals surface area contributed by atoms with Crippen LogP contribution in [0, 0.1) is 0 Å². The van der Waals surface area contributed by atoms with Crippen LogP contribution in [0.1, 0.15) is 0 Å². The summed E-state index contributed by atoms with van der Waals surface area (Å²) in [6, 6.07) is 0. The molecular formula is C15H29NO7. The summed E-state index contributed by atoms with van der Waals surface area (Å²) in [5, 5.41) is 0. The first-order valence-corrected chi connectivity index (χ1v) is 7.69. The Bertz CT molecular complexity index is 277. The number of nitrogens with two attached hydrogens (primary N) is 1. The van der Waals surface area contributed by atoms with Crippen molar-refractivity contribution in [3.8, 4) is 0 Å². The molecule has 0 aliphatic heterocycles. The van der Waals surface area contributed by atoms with Gasteiger partial charge in [-0.15, -0.1) is 0 Å². The van der Waals surface area contributed by atoms with Gasteiger partial charge in [0.05, 0.1) is 66.1 Å². The zero-order chi connectivity index (χ0) is 17.0. The maximum Gasteiger partial charge on any atom is 0.330 e. The molecule has 0 radical (unpaired) electrons. The Labute approximate surface area is 137 Å². The maximum atomic E-state index is 10.7. The molecule has 0 unspecified atom stereocenters. The van der Waals surface area contributed by atoms with Gasteiger partial charge in [-0.05, 0) is 0 Å². The average molecular weight is 335 g/mol. The smallest absolute Gasteiger partial charge is 0.330 e. The zero-order valence-corrected chi connectivity index (χ0v) is 13.7. The van der Waals surface area contributed by atoms with Crippen LogP contribution in [0.2, 0.25) is 0 Å². The summed E-state index contributed by atoms with van der Waals surface area (Å²) in [5.74, 6) is -0.450. The van der Waals surface area contributed by atoms with Crippen molar-refractivity contribution in [1.29, 1.82) is 0 Å². The number of hydrogen-bond donors (Lipinski definition) is 1. The normalized spacial score (nSPS) is 10.7. The topological polar surface area (TPSA) is 98.5 Å². The van der Waals surface area contributed by atoms with Gasteiger partial charge < -0.3 is 34.2 Å². The second-order valence-corrected chi connectivity index (χ2v) is 4.22. The van der Waals surface area contributed by atoms with Crippen molar-refractivity contribution in [2.24, 2.45) is 5.73 Å². The predicted octanol–water partition coefficient (Wildman–Crippen LogP) is -0.243. The molecule has 136 valence electrons. The molecule has 0 atom stereocenters. The van der Waals surface area contributed by atoms with Gasteiger partial charge in [0.1, 0.15) is 6.61 Å². The monoisotopic (exact) mass is 335 g/mol. The summed E-state index contributed by atoms with van der Waals surface area (Å²) in [7, 11) is 0. The Kier molecular flexibility index (Phi) is 18.2. The third kappa shape index (κ3) is 18.9. The fourth-order valence-electron chi connectivity index (χ4n) is 1.33. The van der Waals surface area contributed by atoms with E-state index < -0.39 is 5.97 Å². The fraction of sp³-hybridized carbons (Fsp3) is 0.800. The molecule has 0 spiro atoms. The van der Waals surface area contributed by atoms with E-state index in [9.17, 15) is 4.79 Å². The second kappa shape index (κ2) is 19.0. The molecule has 23 heavy (non-hydrogen) atoms. The van der Waals surface area contributed by atoms with Crippen LogP contribution in [0.15, 0.2) is 12.7 Å². The number of ether oxygens (including phenoxy) is 6. The van der Waals surface area contributed by atoms with Gasteiger partial charge in [-0.25, -0.2) is 4.79 Å². The van der Waals surface area contributed by atoms with Crippen molar-refractivity contribution in [1.82, 2.24) is 0 Å². The molecule has 0 heterocycles. The van der Waals surface area contributed by atoms with Crippen LogP contribution >= 0.6 is 0 Å². The number of carbonyl (C=O) groups is 1. The zero-order valence-electron chi connectivity index (χ0n) is 13.7. The standard InChI is InChI=1S/C15H29NO7/c1-2-15(17)23-14-13-22-12-11-21-10-9-20-8-7-19-6-5-18-4-3-16/h2H,1,3-14,16H2. The third-order valence-electron chi connectivity index (χ3n) is 2.39. The lowest BCUT2D eigenvalue weighted by Crippen LogP contribution is -2.15. The minimum atomic E-state index is -0.450. The molecular weight excluding hydrogens is 306 g/mol. The van der Waals surface area contributed by atoms with Crippen molar-refractivity contribution in [3.63, 3.8) is 0 Å². The first-order chi connectivity index (χ1) is 11.3. The van der Waals surface area contributed by atoms with Crippen LogP contribution in [0.4, 0.5) is 0 Å². The van der Waals surface area contributed by atoms with E-state index in [1.54, 1.807) is 0 Å². The SMILES string of the molecule is C=CC(=O)OCCOCCOCCOCCOCCOCCN. The largest absolute Gasteiger partial charge is 0.460 e. The minimum absolute atomic E-state index is 0.214. The van der Waals surface area contributed by atoms with Gasteiger partial charge in [-0.3, -0.25) is 0 Å². The van der Waals surface area contributed by atoms with Gasteiger partial charge in [-0.2, -0.15) is 0 Å². The van der Waals surface area contributed by atoms with E-state index in [0.717, 1.165) is 6.08 Å². The molecule has 8 heteroatoms. The molecule has 0 saturated heterocycles. The molecule has 2 N–H and O–H groups in total. The van der Waals surface area contributed by atoms with Crippen LogP contribution < -0.4 is 5.73 Å². The molecule has 0 saturated carbocycles. The number of hydrogen-bond acceptors (Lipinski definition) is 8. The molecule has 0 aromatic carbocycles. The molecule has 0 aliphatic carbocycles. The highest BCUT2D eigenvalue weighted by Gasteiger charge is 1.95. The van der Waals surface area contributed by atoms with Crippen molar-refractivity contribution >= 4 is 5.97 Å². The Morgan fingerprint density at radius 1 is 0.696 bits per heavy atom. The fourth-order valence-corrected chi connectivity index (χ4v) is 1.33. The predicted molar refractivity (Wildman–Crippen MR) is 84.3 cm³/mol. The van der Waals surface area contributed by atoms with Crippen LogP contribution in [0.5, 0.6) is 0 Å². The molecule has 8 nitrogen and oxygen atoms in total. The van der Waals surface area contributed by atoms with Crippen molar-refractivity contribution in [3.05, 3.63) is 12.7 Å². The van der Waals surface area contributed by atoms with Crippen LogP contribution in [0.3, 0.4) is 0 Å².